The molecule has 1 aromatic rings. The molecule has 0 saturated carbocycles. The number of imidazole rings is 1. The van der Waals surface area contributed by atoms with Crippen LogP contribution in [0.15, 0.2) is 6.20 Å². The summed E-state index contributed by atoms with van der Waals surface area (Å²) in [5.41, 5.74) is 5.54. The van der Waals surface area contributed by atoms with E-state index in [-0.39, 0.29) is 11.0 Å². The SMILES string of the molecule is CC(C)S(=O)(=O)Cc1ncc(N)n1C. The smallest absolute Gasteiger partial charge is 0.159 e. The number of rotatable bonds is 3. The second-order valence-corrected chi connectivity index (χ2v) is 6.07. The first-order valence-corrected chi connectivity index (χ1v) is 6.03. The molecule has 0 fully saturated rings. The van der Waals surface area contributed by atoms with Crippen LogP contribution < -0.4 is 5.73 Å². The lowest BCUT2D eigenvalue weighted by atomic mass is 10.6. The van der Waals surface area contributed by atoms with Crippen molar-refractivity contribution in [2.45, 2.75) is 24.9 Å². The molecule has 1 heterocycles. The number of anilines is 1. The second kappa shape index (κ2) is 3.61. The number of aromatic nitrogens is 2. The van der Waals surface area contributed by atoms with E-state index >= 15 is 0 Å². The molecule has 0 saturated heterocycles. The topological polar surface area (TPSA) is 78.0 Å². The van der Waals surface area contributed by atoms with Gasteiger partial charge < -0.3 is 10.3 Å². The predicted octanol–water partition coefficient (Wildman–Crippen LogP) is 0.325. The number of hydrogen-bond acceptors (Lipinski definition) is 4. The Hall–Kier alpha value is -1.04. The van der Waals surface area contributed by atoms with Crippen molar-refractivity contribution in [3.05, 3.63) is 12.0 Å². The molecule has 5 nitrogen and oxygen atoms in total. The van der Waals surface area contributed by atoms with Crippen LogP contribution in [-0.4, -0.2) is 23.2 Å². The summed E-state index contributed by atoms with van der Waals surface area (Å²) in [5.74, 6) is 0.897. The van der Waals surface area contributed by atoms with Crippen LogP contribution in [0, 0.1) is 0 Å². The van der Waals surface area contributed by atoms with Crippen molar-refractivity contribution in [3.8, 4) is 0 Å². The van der Waals surface area contributed by atoms with Crippen molar-refractivity contribution >= 4 is 15.7 Å². The van der Waals surface area contributed by atoms with E-state index in [0.717, 1.165) is 0 Å². The normalized spacial score (nSPS) is 12.3. The van der Waals surface area contributed by atoms with Gasteiger partial charge in [0.1, 0.15) is 17.4 Å². The summed E-state index contributed by atoms with van der Waals surface area (Å²) in [5, 5.41) is -0.388. The van der Waals surface area contributed by atoms with Crippen molar-refractivity contribution in [1.82, 2.24) is 9.55 Å². The summed E-state index contributed by atoms with van der Waals surface area (Å²) < 4.78 is 24.7. The standard InChI is InChI=1S/C8H15N3O2S/c1-6(2)14(12,13)5-8-10-4-7(9)11(8)3/h4,6H,5,9H2,1-3H3. The third kappa shape index (κ3) is 2.06. The minimum Gasteiger partial charge on any atom is -0.384 e. The minimum absolute atomic E-state index is 0.0572. The first kappa shape index (κ1) is 11.0. The lowest BCUT2D eigenvalue weighted by Crippen LogP contribution is -2.18. The van der Waals surface area contributed by atoms with Gasteiger partial charge >= 0.3 is 0 Å². The Morgan fingerprint density at radius 1 is 1.57 bits per heavy atom. The van der Waals surface area contributed by atoms with Gasteiger partial charge in [-0.25, -0.2) is 13.4 Å². The Morgan fingerprint density at radius 2 is 2.14 bits per heavy atom. The molecule has 0 amide bonds. The molecule has 0 aliphatic heterocycles. The maximum absolute atomic E-state index is 11.6. The quantitative estimate of drug-likeness (QED) is 0.791. The molecule has 14 heavy (non-hydrogen) atoms. The van der Waals surface area contributed by atoms with E-state index in [1.54, 1.807) is 25.5 Å². The van der Waals surface area contributed by atoms with Crippen molar-refractivity contribution < 1.29 is 8.42 Å². The highest BCUT2D eigenvalue weighted by Crippen LogP contribution is 2.11. The molecule has 0 radical (unpaired) electrons. The first-order valence-electron chi connectivity index (χ1n) is 4.32. The van der Waals surface area contributed by atoms with Gasteiger partial charge in [0.15, 0.2) is 9.84 Å². The Balaban J connectivity index is 2.96. The molecule has 6 heteroatoms. The molecule has 0 aromatic carbocycles. The van der Waals surface area contributed by atoms with Gasteiger partial charge in [0.05, 0.1) is 11.4 Å². The summed E-state index contributed by atoms with van der Waals surface area (Å²) in [4.78, 5) is 3.94. The average molecular weight is 217 g/mol. The number of nitrogens with zero attached hydrogens (tertiary/aromatic N) is 2. The monoisotopic (exact) mass is 217 g/mol. The van der Waals surface area contributed by atoms with E-state index in [1.165, 1.54) is 6.20 Å². The van der Waals surface area contributed by atoms with Gasteiger partial charge in [-0.05, 0) is 13.8 Å². The average Bonchev–Trinajstić information content (AvgIpc) is 2.35. The summed E-state index contributed by atoms with van der Waals surface area (Å²) in [6.07, 6.45) is 1.46. The fourth-order valence-corrected chi connectivity index (χ4v) is 1.90. The highest BCUT2D eigenvalue weighted by Gasteiger charge is 2.19. The van der Waals surface area contributed by atoms with Crippen LogP contribution in [-0.2, 0) is 22.6 Å². The molecule has 0 unspecified atom stereocenters. The van der Waals surface area contributed by atoms with Gasteiger partial charge in [-0.1, -0.05) is 0 Å². The summed E-state index contributed by atoms with van der Waals surface area (Å²) >= 11 is 0. The van der Waals surface area contributed by atoms with E-state index in [0.29, 0.717) is 11.6 Å². The van der Waals surface area contributed by atoms with Gasteiger partial charge in [-0.3, -0.25) is 0 Å². The van der Waals surface area contributed by atoms with Crippen molar-refractivity contribution in [2.75, 3.05) is 5.73 Å². The summed E-state index contributed by atoms with van der Waals surface area (Å²) in [7, 11) is -1.40. The van der Waals surface area contributed by atoms with E-state index in [2.05, 4.69) is 4.98 Å². The zero-order valence-electron chi connectivity index (χ0n) is 8.56. The van der Waals surface area contributed by atoms with Crippen LogP contribution in [0.4, 0.5) is 5.82 Å². The van der Waals surface area contributed by atoms with E-state index < -0.39 is 9.84 Å². The molecule has 1 aromatic heterocycles. The lowest BCUT2D eigenvalue weighted by molar-refractivity contribution is 0.584. The van der Waals surface area contributed by atoms with Crippen molar-refractivity contribution in [3.63, 3.8) is 0 Å². The highest BCUT2D eigenvalue weighted by molar-refractivity contribution is 7.91. The van der Waals surface area contributed by atoms with Gasteiger partial charge in [0.2, 0.25) is 0 Å². The Bertz CT molecular complexity index is 420. The van der Waals surface area contributed by atoms with Gasteiger partial charge in [-0.15, -0.1) is 0 Å². The number of nitrogen functional groups attached to an aromatic ring is 1. The zero-order valence-corrected chi connectivity index (χ0v) is 9.37. The molecule has 1 rings (SSSR count). The van der Waals surface area contributed by atoms with Gasteiger partial charge in [-0.2, -0.15) is 0 Å². The largest absolute Gasteiger partial charge is 0.384 e. The fraction of sp³-hybridized carbons (Fsp3) is 0.625. The zero-order chi connectivity index (χ0) is 10.9. The molecule has 2 N–H and O–H groups in total. The molecular weight excluding hydrogens is 202 g/mol. The summed E-state index contributed by atoms with van der Waals surface area (Å²) in [6.45, 7) is 3.31. The third-order valence-electron chi connectivity index (χ3n) is 2.17. The molecule has 80 valence electrons. The Kier molecular flexibility index (Phi) is 2.84. The van der Waals surface area contributed by atoms with Crippen LogP contribution in [0.5, 0.6) is 0 Å². The molecule has 0 bridgehead atoms. The van der Waals surface area contributed by atoms with E-state index in [4.69, 9.17) is 5.73 Å². The van der Waals surface area contributed by atoms with Crippen molar-refractivity contribution in [1.29, 1.82) is 0 Å². The number of hydrogen-bond donors (Lipinski definition) is 1. The maximum atomic E-state index is 11.6. The number of sulfone groups is 1. The Labute approximate surface area is 83.9 Å². The minimum atomic E-state index is -3.10. The van der Waals surface area contributed by atoms with Gasteiger partial charge in [0.25, 0.3) is 0 Å². The second-order valence-electron chi connectivity index (χ2n) is 3.51. The van der Waals surface area contributed by atoms with Crippen LogP contribution in [0.3, 0.4) is 0 Å². The lowest BCUT2D eigenvalue weighted by Gasteiger charge is -2.07. The maximum Gasteiger partial charge on any atom is 0.159 e. The molecular formula is C8H15N3O2S. The Morgan fingerprint density at radius 3 is 2.50 bits per heavy atom. The van der Waals surface area contributed by atoms with Crippen LogP contribution in [0.1, 0.15) is 19.7 Å². The van der Waals surface area contributed by atoms with Crippen LogP contribution >= 0.6 is 0 Å². The molecule has 0 aliphatic carbocycles. The number of nitrogens with two attached hydrogens (primary N) is 1. The molecule has 0 aliphatic rings. The van der Waals surface area contributed by atoms with Crippen LogP contribution in [0.2, 0.25) is 0 Å². The van der Waals surface area contributed by atoms with Crippen molar-refractivity contribution in [2.24, 2.45) is 7.05 Å². The first-order chi connectivity index (χ1) is 6.34. The summed E-state index contributed by atoms with van der Waals surface area (Å²) in [6, 6.07) is 0. The van der Waals surface area contributed by atoms with Gasteiger partial charge in [0, 0.05) is 7.05 Å². The highest BCUT2D eigenvalue weighted by atomic mass is 32.2. The van der Waals surface area contributed by atoms with E-state index in [1.807, 2.05) is 0 Å². The fourth-order valence-electron chi connectivity index (χ4n) is 0.944. The molecule has 0 spiro atoms. The van der Waals surface area contributed by atoms with Crippen LogP contribution in [0.25, 0.3) is 0 Å². The molecule has 0 atom stereocenters. The van der Waals surface area contributed by atoms with E-state index in [9.17, 15) is 8.42 Å². The predicted molar refractivity (Wildman–Crippen MR) is 55.4 cm³/mol. The third-order valence-corrected chi connectivity index (χ3v) is 4.27.